The zero-order chi connectivity index (χ0) is 30.7. The lowest BCUT2D eigenvalue weighted by Crippen LogP contribution is -2.10. The highest BCUT2D eigenvalue weighted by atomic mass is 19.1. The van der Waals surface area contributed by atoms with E-state index in [1.807, 2.05) is 120 Å². The van der Waals surface area contributed by atoms with Gasteiger partial charge in [0.2, 0.25) is 0 Å². The molecule has 0 aliphatic rings. The lowest BCUT2D eigenvalue weighted by molar-refractivity contribution is 0.107. The average molecular weight is 586 g/mol. The van der Waals surface area contributed by atoms with E-state index in [1.165, 1.54) is 13.2 Å². The molecule has 0 amide bonds. The molecule has 5 rings (SSSR count). The molecule has 0 aromatic heterocycles. The Morgan fingerprint density at radius 3 is 1.25 bits per heavy atom. The average Bonchev–Trinajstić information content (AvgIpc) is 3.07. The van der Waals surface area contributed by atoms with Crippen molar-refractivity contribution in [2.45, 2.75) is 26.4 Å². The second-order valence-corrected chi connectivity index (χ2v) is 10.4. The van der Waals surface area contributed by atoms with Crippen LogP contribution in [0.3, 0.4) is 0 Å². The van der Waals surface area contributed by atoms with Crippen LogP contribution in [-0.4, -0.2) is 7.11 Å². The van der Waals surface area contributed by atoms with Gasteiger partial charge in [0.05, 0.1) is 33.5 Å². The summed E-state index contributed by atoms with van der Waals surface area (Å²) in [5.41, 5.74) is 8.94. The van der Waals surface area contributed by atoms with E-state index in [2.05, 4.69) is 13.2 Å². The van der Waals surface area contributed by atoms with Gasteiger partial charge in [0, 0.05) is 23.1 Å². The van der Waals surface area contributed by atoms with E-state index in [4.69, 9.17) is 14.2 Å². The van der Waals surface area contributed by atoms with Gasteiger partial charge in [-0.05, 0) is 69.8 Å². The van der Waals surface area contributed by atoms with Gasteiger partial charge in [-0.1, -0.05) is 98.1 Å². The van der Waals surface area contributed by atoms with E-state index in [0.29, 0.717) is 32.1 Å². The molecule has 44 heavy (non-hydrogen) atoms. The van der Waals surface area contributed by atoms with E-state index in [9.17, 15) is 4.39 Å². The summed E-state index contributed by atoms with van der Waals surface area (Å²) in [6.07, 6.45) is 3.65. The summed E-state index contributed by atoms with van der Waals surface area (Å²) in [4.78, 5) is 2.01. The normalized spacial score (nSPS) is 10.8. The van der Waals surface area contributed by atoms with Crippen LogP contribution >= 0.6 is 0 Å². The molecule has 4 nitrogen and oxygen atoms in total. The molecule has 0 spiro atoms. The highest BCUT2D eigenvalue weighted by molar-refractivity contribution is 5.77. The SMILES string of the molecule is C=Cc1ccc(COCc2ccc(N(c3ccc(COCc4ccc(C=C)cc4)cc3)c3ccc(OC)c(F)c3)cc2)cc1. The molecule has 5 heteroatoms. The molecule has 0 heterocycles. The van der Waals surface area contributed by atoms with Gasteiger partial charge in [-0.3, -0.25) is 0 Å². The number of nitrogens with zero attached hydrogens (tertiary/aromatic N) is 1. The molecule has 0 bridgehead atoms. The standard InChI is InChI=1S/C39H36FNO3/c1-4-29-6-10-31(11-7-29)25-43-27-33-14-18-35(19-15-33)41(37-22-23-39(42-3)38(40)24-37)36-20-16-34(17-21-36)28-44-26-32-12-8-30(5-2)9-13-32/h4-24H,1-2,25-28H2,3H3. The zero-order valence-corrected chi connectivity index (χ0v) is 24.9. The molecule has 0 atom stereocenters. The number of benzene rings is 5. The first-order valence-electron chi connectivity index (χ1n) is 14.5. The summed E-state index contributed by atoms with van der Waals surface area (Å²) < 4.78 is 31.9. The van der Waals surface area contributed by atoms with Crippen molar-refractivity contribution in [3.8, 4) is 5.75 Å². The van der Waals surface area contributed by atoms with Gasteiger partial charge in [-0.25, -0.2) is 4.39 Å². The summed E-state index contributed by atoms with van der Waals surface area (Å²) in [6, 6.07) is 37.5. The van der Waals surface area contributed by atoms with Crippen LogP contribution in [0.4, 0.5) is 21.5 Å². The number of hydrogen-bond acceptors (Lipinski definition) is 4. The molecule has 5 aromatic carbocycles. The largest absolute Gasteiger partial charge is 0.494 e. The molecule has 0 saturated heterocycles. The summed E-state index contributed by atoms with van der Waals surface area (Å²) in [6.45, 7) is 9.59. The smallest absolute Gasteiger partial charge is 0.167 e. The van der Waals surface area contributed by atoms with Crippen molar-refractivity contribution in [1.29, 1.82) is 0 Å². The lowest BCUT2D eigenvalue weighted by Gasteiger charge is -2.26. The predicted octanol–water partition coefficient (Wildman–Crippen LogP) is 10.0. The topological polar surface area (TPSA) is 30.9 Å². The molecule has 222 valence electrons. The van der Waals surface area contributed by atoms with E-state index in [-0.39, 0.29) is 5.75 Å². The van der Waals surface area contributed by atoms with Crippen LogP contribution in [0, 0.1) is 5.82 Å². The second-order valence-electron chi connectivity index (χ2n) is 10.4. The number of hydrogen-bond donors (Lipinski definition) is 0. The van der Waals surface area contributed by atoms with Gasteiger partial charge in [-0.15, -0.1) is 0 Å². The Balaban J connectivity index is 1.28. The third-order valence-electron chi connectivity index (χ3n) is 7.29. The van der Waals surface area contributed by atoms with Gasteiger partial charge < -0.3 is 19.1 Å². The van der Waals surface area contributed by atoms with Crippen LogP contribution in [-0.2, 0) is 35.9 Å². The third kappa shape index (κ3) is 7.90. The molecule has 0 aliphatic carbocycles. The van der Waals surface area contributed by atoms with Crippen molar-refractivity contribution in [2.24, 2.45) is 0 Å². The summed E-state index contributed by atoms with van der Waals surface area (Å²) in [7, 11) is 1.46. The van der Waals surface area contributed by atoms with E-state index in [0.717, 1.165) is 44.8 Å². The van der Waals surface area contributed by atoms with Gasteiger partial charge in [0.15, 0.2) is 11.6 Å². The maximum atomic E-state index is 14.8. The van der Waals surface area contributed by atoms with Crippen LogP contribution in [0.1, 0.15) is 33.4 Å². The van der Waals surface area contributed by atoms with Gasteiger partial charge >= 0.3 is 0 Å². The van der Waals surface area contributed by atoms with Crippen molar-refractivity contribution in [1.82, 2.24) is 0 Å². The van der Waals surface area contributed by atoms with Gasteiger partial charge in [0.1, 0.15) is 0 Å². The first-order valence-corrected chi connectivity index (χ1v) is 14.5. The first-order chi connectivity index (χ1) is 21.6. The number of methoxy groups -OCH3 is 1. The maximum Gasteiger partial charge on any atom is 0.167 e. The van der Waals surface area contributed by atoms with Gasteiger partial charge in [0.25, 0.3) is 0 Å². The minimum Gasteiger partial charge on any atom is -0.494 e. The fourth-order valence-electron chi connectivity index (χ4n) is 4.80. The van der Waals surface area contributed by atoms with E-state index >= 15 is 0 Å². The Bertz CT molecular complexity index is 1560. The fourth-order valence-corrected chi connectivity index (χ4v) is 4.80. The maximum absolute atomic E-state index is 14.8. The molecular weight excluding hydrogens is 549 g/mol. The molecule has 0 saturated carbocycles. The van der Waals surface area contributed by atoms with Crippen LogP contribution in [0.2, 0.25) is 0 Å². The van der Waals surface area contributed by atoms with Crippen molar-refractivity contribution < 1.29 is 18.6 Å². The van der Waals surface area contributed by atoms with Crippen LogP contribution < -0.4 is 9.64 Å². The predicted molar refractivity (Wildman–Crippen MR) is 178 cm³/mol. The number of rotatable bonds is 14. The van der Waals surface area contributed by atoms with Crippen LogP contribution in [0.15, 0.2) is 128 Å². The zero-order valence-electron chi connectivity index (χ0n) is 24.9. The molecule has 0 aliphatic heterocycles. The van der Waals surface area contributed by atoms with Crippen molar-refractivity contribution in [2.75, 3.05) is 12.0 Å². The summed E-state index contributed by atoms with van der Waals surface area (Å²) in [5, 5.41) is 0. The monoisotopic (exact) mass is 585 g/mol. The highest BCUT2D eigenvalue weighted by Crippen LogP contribution is 2.36. The van der Waals surface area contributed by atoms with E-state index in [1.54, 1.807) is 6.07 Å². The fraction of sp³-hybridized carbons (Fsp3) is 0.128. The Hall–Kier alpha value is -4.97. The van der Waals surface area contributed by atoms with Crippen molar-refractivity contribution in [3.63, 3.8) is 0 Å². The molecule has 0 radical (unpaired) electrons. The second kappa shape index (κ2) is 15.0. The summed E-state index contributed by atoms with van der Waals surface area (Å²) >= 11 is 0. The molecule has 0 N–H and O–H groups in total. The van der Waals surface area contributed by atoms with Crippen LogP contribution in [0.5, 0.6) is 5.75 Å². The lowest BCUT2D eigenvalue weighted by atomic mass is 10.1. The minimum absolute atomic E-state index is 0.201. The molecule has 5 aromatic rings. The first kappa shape index (κ1) is 30.5. The van der Waals surface area contributed by atoms with Crippen LogP contribution in [0.25, 0.3) is 12.2 Å². The molecular formula is C39H36FNO3. The third-order valence-corrected chi connectivity index (χ3v) is 7.29. The Labute approximate surface area is 259 Å². The molecule has 0 fully saturated rings. The Morgan fingerprint density at radius 2 is 0.909 bits per heavy atom. The van der Waals surface area contributed by atoms with Crippen molar-refractivity contribution >= 4 is 29.2 Å². The Kier molecular flexibility index (Phi) is 10.4. The summed E-state index contributed by atoms with van der Waals surface area (Å²) in [5.74, 6) is -0.223. The number of halogens is 1. The minimum atomic E-state index is -0.424. The molecule has 0 unspecified atom stereocenters. The number of ether oxygens (including phenoxy) is 3. The Morgan fingerprint density at radius 1 is 0.545 bits per heavy atom. The number of anilines is 3. The van der Waals surface area contributed by atoms with E-state index < -0.39 is 5.82 Å². The van der Waals surface area contributed by atoms with Crippen molar-refractivity contribution in [3.05, 3.63) is 168 Å². The highest BCUT2D eigenvalue weighted by Gasteiger charge is 2.15. The van der Waals surface area contributed by atoms with Gasteiger partial charge in [-0.2, -0.15) is 0 Å². The quantitative estimate of drug-likeness (QED) is 0.130.